The van der Waals surface area contributed by atoms with Gasteiger partial charge >= 0.3 is 0 Å². The number of rotatable bonds is 7. The van der Waals surface area contributed by atoms with E-state index in [1.165, 1.54) is 6.08 Å². The SMILES string of the molecule is COc1cc(/C=C(/C#N)C(=O)Nc2ccc(C)c(Cl)c2)cc(I)c1OCc1ccc(I)cc1. The number of ether oxygens (including phenoxy) is 2. The zero-order valence-corrected chi connectivity index (χ0v) is 22.9. The van der Waals surface area contributed by atoms with Crippen molar-refractivity contribution in [3.63, 3.8) is 0 Å². The minimum absolute atomic E-state index is 0.0443. The quantitative estimate of drug-likeness (QED) is 0.166. The largest absolute Gasteiger partial charge is 0.493 e. The maximum absolute atomic E-state index is 12.6. The first kappa shape index (κ1) is 25.3. The minimum atomic E-state index is -0.523. The molecule has 1 amide bonds. The van der Waals surface area contributed by atoms with Crippen molar-refractivity contribution in [1.82, 2.24) is 0 Å². The van der Waals surface area contributed by atoms with Gasteiger partial charge in [-0.3, -0.25) is 4.79 Å². The number of hydrogen-bond acceptors (Lipinski definition) is 4. The van der Waals surface area contributed by atoms with Crippen molar-refractivity contribution in [2.24, 2.45) is 0 Å². The van der Waals surface area contributed by atoms with Crippen LogP contribution in [0.2, 0.25) is 5.02 Å². The molecule has 8 heteroatoms. The molecule has 0 fully saturated rings. The molecule has 0 aromatic heterocycles. The second-order valence-corrected chi connectivity index (χ2v) is 9.85. The van der Waals surface area contributed by atoms with Crippen molar-refractivity contribution >= 4 is 74.5 Å². The van der Waals surface area contributed by atoms with E-state index >= 15 is 0 Å². The molecule has 0 aliphatic carbocycles. The number of carbonyl (C=O) groups is 1. The lowest BCUT2D eigenvalue weighted by Gasteiger charge is -2.14. The van der Waals surface area contributed by atoms with Gasteiger partial charge in [-0.2, -0.15) is 5.26 Å². The van der Waals surface area contributed by atoms with Crippen molar-refractivity contribution in [2.75, 3.05) is 12.4 Å². The maximum Gasteiger partial charge on any atom is 0.266 e. The summed E-state index contributed by atoms with van der Waals surface area (Å²) in [4.78, 5) is 12.6. The van der Waals surface area contributed by atoms with Crippen LogP contribution in [0.5, 0.6) is 11.5 Å². The van der Waals surface area contributed by atoms with E-state index in [4.69, 9.17) is 21.1 Å². The Labute approximate surface area is 225 Å². The number of nitriles is 1. The second kappa shape index (κ2) is 11.7. The van der Waals surface area contributed by atoms with Gasteiger partial charge in [0.25, 0.3) is 5.91 Å². The lowest BCUT2D eigenvalue weighted by molar-refractivity contribution is -0.112. The molecular formula is C25H19ClI2N2O3. The van der Waals surface area contributed by atoms with E-state index in [9.17, 15) is 10.1 Å². The summed E-state index contributed by atoms with van der Waals surface area (Å²) in [6.45, 7) is 2.26. The van der Waals surface area contributed by atoms with Gasteiger partial charge in [0.1, 0.15) is 18.2 Å². The van der Waals surface area contributed by atoms with Crippen molar-refractivity contribution in [2.45, 2.75) is 13.5 Å². The van der Waals surface area contributed by atoms with Gasteiger partial charge in [-0.1, -0.05) is 29.8 Å². The lowest BCUT2D eigenvalue weighted by atomic mass is 10.1. The standard InChI is InChI=1S/C25H19ClI2N2O3/c1-15-3-8-20(12-21(15)26)30-25(31)18(13-29)9-17-10-22(28)24(23(11-17)32-2)33-14-16-4-6-19(27)7-5-16/h3-12H,14H2,1-2H3,(H,30,31)/b18-9-. The monoisotopic (exact) mass is 684 g/mol. The molecule has 0 heterocycles. The van der Waals surface area contributed by atoms with Crippen molar-refractivity contribution < 1.29 is 14.3 Å². The number of methoxy groups -OCH3 is 1. The highest BCUT2D eigenvalue weighted by atomic mass is 127. The molecule has 0 aliphatic rings. The molecule has 3 aromatic carbocycles. The molecule has 5 nitrogen and oxygen atoms in total. The number of hydrogen-bond donors (Lipinski definition) is 1. The van der Waals surface area contributed by atoms with Crippen LogP contribution in [-0.4, -0.2) is 13.0 Å². The van der Waals surface area contributed by atoms with E-state index < -0.39 is 5.91 Å². The van der Waals surface area contributed by atoms with E-state index in [-0.39, 0.29) is 5.57 Å². The van der Waals surface area contributed by atoms with Crippen molar-refractivity contribution in [1.29, 1.82) is 5.26 Å². The van der Waals surface area contributed by atoms with Crippen LogP contribution >= 0.6 is 56.8 Å². The smallest absolute Gasteiger partial charge is 0.266 e. The molecule has 168 valence electrons. The first-order valence-electron chi connectivity index (χ1n) is 9.74. The van der Waals surface area contributed by atoms with Crippen LogP contribution in [0.15, 0.2) is 60.2 Å². The van der Waals surface area contributed by atoms with Crippen LogP contribution in [0.1, 0.15) is 16.7 Å². The summed E-state index contributed by atoms with van der Waals surface area (Å²) in [6.07, 6.45) is 1.51. The Balaban J connectivity index is 1.81. The molecule has 0 unspecified atom stereocenters. The summed E-state index contributed by atoms with van der Waals surface area (Å²) < 4.78 is 13.5. The van der Waals surface area contributed by atoms with Crippen LogP contribution in [-0.2, 0) is 11.4 Å². The average molecular weight is 685 g/mol. The molecule has 33 heavy (non-hydrogen) atoms. The maximum atomic E-state index is 12.6. The highest BCUT2D eigenvalue weighted by Crippen LogP contribution is 2.35. The average Bonchev–Trinajstić information content (AvgIpc) is 2.79. The second-order valence-electron chi connectivity index (χ2n) is 7.04. The topological polar surface area (TPSA) is 71.3 Å². The van der Waals surface area contributed by atoms with E-state index in [1.807, 2.05) is 43.3 Å². The third-order valence-corrected chi connectivity index (χ3v) is 6.58. The normalized spacial score (nSPS) is 11.0. The summed E-state index contributed by atoms with van der Waals surface area (Å²) in [5.41, 5.74) is 3.06. The van der Waals surface area contributed by atoms with E-state index in [2.05, 4.69) is 50.5 Å². The Kier molecular flexibility index (Phi) is 9.00. The van der Waals surface area contributed by atoms with Crippen LogP contribution in [0.4, 0.5) is 5.69 Å². The fourth-order valence-corrected chi connectivity index (χ4v) is 4.20. The molecule has 3 rings (SSSR count). The molecule has 3 aromatic rings. The van der Waals surface area contributed by atoms with Gasteiger partial charge in [0.15, 0.2) is 11.5 Å². The summed E-state index contributed by atoms with van der Waals surface area (Å²) in [5, 5.41) is 12.8. The van der Waals surface area contributed by atoms with Crippen molar-refractivity contribution in [3.8, 4) is 17.6 Å². The Morgan fingerprint density at radius 2 is 1.88 bits per heavy atom. The molecule has 0 bridgehead atoms. The van der Waals surface area contributed by atoms with Gasteiger partial charge in [-0.25, -0.2) is 0 Å². The summed E-state index contributed by atoms with van der Waals surface area (Å²) in [7, 11) is 1.55. The molecular weight excluding hydrogens is 666 g/mol. The molecule has 0 spiro atoms. The highest BCUT2D eigenvalue weighted by molar-refractivity contribution is 14.1. The predicted molar refractivity (Wildman–Crippen MR) is 148 cm³/mol. The summed E-state index contributed by atoms with van der Waals surface area (Å²) >= 11 is 10.5. The van der Waals surface area contributed by atoms with Gasteiger partial charge < -0.3 is 14.8 Å². The fourth-order valence-electron chi connectivity index (χ4n) is 2.88. The fraction of sp³-hybridized carbons (Fsp3) is 0.120. The molecule has 0 saturated heterocycles. The number of aryl methyl sites for hydroxylation is 1. The summed E-state index contributed by atoms with van der Waals surface area (Å²) in [5.74, 6) is 0.596. The number of anilines is 1. The predicted octanol–water partition coefficient (Wildman–Crippen LogP) is 6.99. The minimum Gasteiger partial charge on any atom is -0.493 e. The van der Waals surface area contributed by atoms with Crippen LogP contribution in [0, 0.1) is 25.4 Å². The molecule has 0 atom stereocenters. The Bertz CT molecular complexity index is 1250. The highest BCUT2D eigenvalue weighted by Gasteiger charge is 2.14. The van der Waals surface area contributed by atoms with Gasteiger partial charge in [0.2, 0.25) is 0 Å². The number of halogens is 3. The Hall–Kier alpha value is -2.29. The van der Waals surface area contributed by atoms with Crippen LogP contribution in [0.25, 0.3) is 6.08 Å². The molecule has 0 saturated carbocycles. The van der Waals surface area contributed by atoms with E-state index in [1.54, 1.807) is 31.4 Å². The number of amides is 1. The summed E-state index contributed by atoms with van der Waals surface area (Å²) in [6, 6.07) is 18.8. The first-order valence-corrected chi connectivity index (χ1v) is 12.3. The van der Waals surface area contributed by atoms with Crippen LogP contribution in [0.3, 0.4) is 0 Å². The van der Waals surface area contributed by atoms with Gasteiger partial charge in [-0.05, 0) is 111 Å². The number of nitrogens with one attached hydrogen (secondary N) is 1. The Morgan fingerprint density at radius 1 is 1.15 bits per heavy atom. The Morgan fingerprint density at radius 3 is 2.52 bits per heavy atom. The zero-order chi connectivity index (χ0) is 24.0. The lowest BCUT2D eigenvalue weighted by Crippen LogP contribution is -2.13. The van der Waals surface area contributed by atoms with E-state index in [0.29, 0.717) is 34.4 Å². The number of benzene rings is 3. The first-order chi connectivity index (χ1) is 15.8. The van der Waals surface area contributed by atoms with Crippen molar-refractivity contribution in [3.05, 3.63) is 89.0 Å². The van der Waals surface area contributed by atoms with Gasteiger partial charge in [0, 0.05) is 14.3 Å². The number of nitrogens with zero attached hydrogens (tertiary/aromatic N) is 1. The van der Waals surface area contributed by atoms with Gasteiger partial charge in [-0.15, -0.1) is 0 Å². The van der Waals surface area contributed by atoms with E-state index in [0.717, 1.165) is 18.3 Å². The van der Waals surface area contributed by atoms with Crippen LogP contribution < -0.4 is 14.8 Å². The molecule has 0 aliphatic heterocycles. The third-order valence-electron chi connectivity index (χ3n) is 4.65. The third kappa shape index (κ3) is 6.85. The number of carbonyl (C=O) groups excluding carboxylic acids is 1. The van der Waals surface area contributed by atoms with Gasteiger partial charge in [0.05, 0.1) is 10.7 Å². The molecule has 1 N–H and O–H groups in total. The zero-order valence-electron chi connectivity index (χ0n) is 17.8. The molecule has 0 radical (unpaired) electrons.